The van der Waals surface area contributed by atoms with Gasteiger partial charge in [-0.2, -0.15) is 0 Å². The molecule has 15 heavy (non-hydrogen) atoms. The molecule has 0 fully saturated rings. The summed E-state index contributed by atoms with van der Waals surface area (Å²) in [4.78, 5) is 0. The minimum atomic E-state index is -3.66. The molecule has 0 saturated heterocycles. The zero-order chi connectivity index (χ0) is 11.6. The summed E-state index contributed by atoms with van der Waals surface area (Å²) >= 11 is 5.59. The van der Waals surface area contributed by atoms with Gasteiger partial charge in [-0.3, -0.25) is 0 Å². The van der Waals surface area contributed by atoms with Gasteiger partial charge in [0, 0.05) is 15.7 Å². The van der Waals surface area contributed by atoms with Crippen molar-refractivity contribution in [2.45, 2.75) is 6.42 Å². The quantitative estimate of drug-likeness (QED) is 0.628. The van der Waals surface area contributed by atoms with E-state index in [1.165, 1.54) is 0 Å². The van der Waals surface area contributed by atoms with Gasteiger partial charge < -0.3 is 0 Å². The highest BCUT2D eigenvalue weighted by Gasteiger charge is 2.11. The van der Waals surface area contributed by atoms with Gasteiger partial charge >= 0.3 is 0 Å². The second-order valence-electron chi connectivity index (χ2n) is 2.85. The minimum absolute atomic E-state index is 0.0192. The maximum atomic E-state index is 12.8. The zero-order valence-corrected chi connectivity index (χ0v) is 9.63. The summed E-state index contributed by atoms with van der Waals surface area (Å²) in [6.45, 7) is 0. The van der Waals surface area contributed by atoms with Gasteiger partial charge in [-0.25, -0.2) is 17.2 Å². The predicted octanol–water partition coefficient (Wildman–Crippen LogP) is 2.73. The van der Waals surface area contributed by atoms with Crippen LogP contribution in [-0.4, -0.2) is 14.2 Å². The molecule has 0 atom stereocenters. The van der Waals surface area contributed by atoms with E-state index in [1.807, 2.05) is 0 Å². The van der Waals surface area contributed by atoms with Crippen LogP contribution in [0.5, 0.6) is 0 Å². The molecule has 0 amide bonds. The second kappa shape index (κ2) is 4.63. The lowest BCUT2D eigenvalue weighted by Crippen LogP contribution is -2.02. The van der Waals surface area contributed by atoms with Crippen molar-refractivity contribution in [2.75, 3.05) is 5.75 Å². The number of benzene rings is 1. The van der Waals surface area contributed by atoms with E-state index in [1.54, 1.807) is 0 Å². The third-order valence-electron chi connectivity index (χ3n) is 1.70. The lowest BCUT2D eigenvalue weighted by molar-refractivity contribution is 0.507. The van der Waals surface area contributed by atoms with Gasteiger partial charge in [0.05, 0.1) is 5.75 Å². The van der Waals surface area contributed by atoms with Gasteiger partial charge in [-0.05, 0) is 24.1 Å². The van der Waals surface area contributed by atoms with Crippen LogP contribution >= 0.6 is 22.3 Å². The van der Waals surface area contributed by atoms with Crippen LogP contribution in [-0.2, 0) is 15.5 Å². The molecule has 0 aliphatic carbocycles. The lowest BCUT2D eigenvalue weighted by atomic mass is 10.1. The topological polar surface area (TPSA) is 34.1 Å². The Kier molecular flexibility index (Phi) is 3.92. The molecule has 0 unspecified atom stereocenters. The Balaban J connectivity index is 2.91. The number of aryl methyl sites for hydroxylation is 1. The van der Waals surface area contributed by atoms with E-state index in [9.17, 15) is 17.2 Å². The molecule has 0 aromatic heterocycles. The second-order valence-corrected chi connectivity index (χ2v) is 6.15. The summed E-state index contributed by atoms with van der Waals surface area (Å²) in [6.07, 6.45) is -0.0537. The Morgan fingerprint density at radius 3 is 2.27 bits per heavy atom. The molecule has 1 aromatic rings. The highest BCUT2D eigenvalue weighted by atomic mass is 35.7. The van der Waals surface area contributed by atoms with Crippen molar-refractivity contribution in [3.8, 4) is 0 Å². The average molecular weight is 275 g/mol. The third-order valence-corrected chi connectivity index (χ3v) is 3.21. The van der Waals surface area contributed by atoms with Crippen molar-refractivity contribution >= 4 is 31.3 Å². The molecule has 0 aliphatic heterocycles. The van der Waals surface area contributed by atoms with E-state index >= 15 is 0 Å². The van der Waals surface area contributed by atoms with Crippen LogP contribution in [0.1, 0.15) is 5.56 Å². The molecular weight excluding hydrogens is 269 g/mol. The summed E-state index contributed by atoms with van der Waals surface area (Å²) in [5.74, 6) is -2.52. The molecule has 1 rings (SSSR count). The lowest BCUT2D eigenvalue weighted by Gasteiger charge is -2.03. The van der Waals surface area contributed by atoms with Gasteiger partial charge in [0.25, 0.3) is 0 Å². The van der Waals surface area contributed by atoms with Crippen LogP contribution < -0.4 is 0 Å². The zero-order valence-electron chi connectivity index (χ0n) is 7.31. The first-order valence-corrected chi connectivity index (χ1v) is 6.71. The van der Waals surface area contributed by atoms with Crippen LogP contribution in [0.2, 0.25) is 5.02 Å². The van der Waals surface area contributed by atoms with Crippen LogP contribution in [0.4, 0.5) is 8.78 Å². The highest BCUT2D eigenvalue weighted by molar-refractivity contribution is 8.13. The molecule has 0 saturated carbocycles. The number of hydrogen-bond acceptors (Lipinski definition) is 2. The molecule has 0 heterocycles. The number of halogens is 4. The molecule has 84 valence electrons. The first kappa shape index (κ1) is 12.7. The van der Waals surface area contributed by atoms with Crippen molar-refractivity contribution in [2.24, 2.45) is 0 Å². The smallest absolute Gasteiger partial charge is 0.212 e. The molecule has 1 aromatic carbocycles. The Bertz CT molecular complexity index is 474. The minimum Gasteiger partial charge on any atom is -0.212 e. The Hall–Kier alpha value is -0.390. The summed E-state index contributed by atoms with van der Waals surface area (Å²) < 4.78 is 46.6. The number of rotatable bonds is 3. The molecule has 0 spiro atoms. The fourth-order valence-corrected chi connectivity index (χ4v) is 1.93. The van der Waals surface area contributed by atoms with Gasteiger partial charge in [0.2, 0.25) is 9.05 Å². The average Bonchev–Trinajstić information content (AvgIpc) is 2.07. The van der Waals surface area contributed by atoms with Crippen LogP contribution in [0.3, 0.4) is 0 Å². The fourth-order valence-electron chi connectivity index (χ4n) is 0.987. The Labute approximate surface area is 95.2 Å². The first-order chi connectivity index (χ1) is 6.79. The van der Waals surface area contributed by atoms with Crippen molar-refractivity contribution in [3.63, 3.8) is 0 Å². The van der Waals surface area contributed by atoms with E-state index in [2.05, 4.69) is 0 Å². The molecule has 7 heteroatoms. The Morgan fingerprint density at radius 1 is 1.20 bits per heavy atom. The first-order valence-electron chi connectivity index (χ1n) is 3.85. The molecule has 0 radical (unpaired) electrons. The van der Waals surface area contributed by atoms with E-state index in [0.717, 1.165) is 12.1 Å². The van der Waals surface area contributed by atoms with Crippen LogP contribution in [0, 0.1) is 11.6 Å². The molecule has 0 aliphatic rings. The standard InChI is InChI=1S/C8H6Cl2F2O2S/c9-6-4-8(12)7(11)3-5(6)1-2-15(10,13)14/h3-4H,1-2H2. The monoisotopic (exact) mass is 274 g/mol. The van der Waals surface area contributed by atoms with E-state index < -0.39 is 20.7 Å². The van der Waals surface area contributed by atoms with Crippen molar-refractivity contribution < 1.29 is 17.2 Å². The summed E-state index contributed by atoms with van der Waals surface area (Å²) in [5, 5.41) is -0.0192. The maximum absolute atomic E-state index is 12.8. The van der Waals surface area contributed by atoms with E-state index in [0.29, 0.717) is 0 Å². The molecule has 0 bridgehead atoms. The third kappa shape index (κ3) is 3.93. The maximum Gasteiger partial charge on any atom is 0.232 e. The largest absolute Gasteiger partial charge is 0.232 e. The van der Waals surface area contributed by atoms with E-state index in [-0.39, 0.29) is 22.8 Å². The van der Waals surface area contributed by atoms with Crippen molar-refractivity contribution in [1.82, 2.24) is 0 Å². The molecular formula is C8H6Cl2F2O2S. The van der Waals surface area contributed by atoms with Gasteiger partial charge in [0.15, 0.2) is 11.6 Å². The van der Waals surface area contributed by atoms with Crippen molar-refractivity contribution in [3.05, 3.63) is 34.4 Å². The highest BCUT2D eigenvalue weighted by Crippen LogP contribution is 2.21. The summed E-state index contributed by atoms with van der Waals surface area (Å²) in [6, 6.07) is 1.66. The normalized spacial score (nSPS) is 11.7. The predicted molar refractivity (Wildman–Crippen MR) is 54.7 cm³/mol. The van der Waals surface area contributed by atoms with E-state index in [4.69, 9.17) is 22.3 Å². The van der Waals surface area contributed by atoms with Gasteiger partial charge in [0.1, 0.15) is 0 Å². The number of hydrogen-bond donors (Lipinski definition) is 0. The summed E-state index contributed by atoms with van der Waals surface area (Å²) in [7, 11) is 1.30. The van der Waals surface area contributed by atoms with Gasteiger partial charge in [-0.1, -0.05) is 11.6 Å². The molecule has 2 nitrogen and oxygen atoms in total. The SMILES string of the molecule is O=S(=O)(Cl)CCc1cc(F)c(F)cc1Cl. The summed E-state index contributed by atoms with van der Waals surface area (Å²) in [5.41, 5.74) is 0.208. The van der Waals surface area contributed by atoms with Crippen LogP contribution in [0.25, 0.3) is 0 Å². The fraction of sp³-hybridized carbons (Fsp3) is 0.250. The van der Waals surface area contributed by atoms with Crippen LogP contribution in [0.15, 0.2) is 12.1 Å². The van der Waals surface area contributed by atoms with Crippen molar-refractivity contribution in [1.29, 1.82) is 0 Å². The molecule has 0 N–H and O–H groups in total. The van der Waals surface area contributed by atoms with Gasteiger partial charge in [-0.15, -0.1) is 0 Å². The Morgan fingerprint density at radius 2 is 1.73 bits per heavy atom.